The molecule has 162 valence electrons. The summed E-state index contributed by atoms with van der Waals surface area (Å²) in [6, 6.07) is 15.9. The monoisotopic (exact) mass is 430 g/mol. The molecule has 3 aromatic heterocycles. The topological polar surface area (TPSA) is 86.8 Å². The zero-order chi connectivity index (χ0) is 21.9. The van der Waals surface area contributed by atoms with Crippen LogP contribution in [0.4, 0.5) is 10.2 Å². The van der Waals surface area contributed by atoms with Crippen molar-refractivity contribution in [1.82, 2.24) is 25.1 Å². The molecule has 4 aromatic rings. The average molecular weight is 430 g/mol. The predicted molar refractivity (Wildman–Crippen MR) is 119 cm³/mol. The molecule has 0 spiro atoms. The van der Waals surface area contributed by atoms with Crippen molar-refractivity contribution in [2.45, 2.75) is 25.3 Å². The van der Waals surface area contributed by atoms with Crippen molar-refractivity contribution in [2.75, 3.05) is 18.4 Å². The molecule has 1 aromatic carbocycles. The SMILES string of the molecule is O=C(Cc1ccc(F)cc1)N1CCC(c2ccc3c(NCc4ccccn4)n[nH]c3n2)C1. The van der Waals surface area contributed by atoms with E-state index in [1.54, 1.807) is 18.3 Å². The number of amides is 1. The largest absolute Gasteiger partial charge is 0.362 e. The lowest BCUT2D eigenvalue weighted by Crippen LogP contribution is -2.29. The Bertz CT molecular complexity index is 1220. The number of fused-ring (bicyclic) bond motifs is 1. The second kappa shape index (κ2) is 8.74. The third kappa shape index (κ3) is 4.30. The van der Waals surface area contributed by atoms with Crippen molar-refractivity contribution < 1.29 is 9.18 Å². The summed E-state index contributed by atoms with van der Waals surface area (Å²) in [7, 11) is 0. The molecule has 1 amide bonds. The number of anilines is 1. The quantitative estimate of drug-likeness (QED) is 0.488. The molecule has 7 nitrogen and oxygen atoms in total. The van der Waals surface area contributed by atoms with Gasteiger partial charge < -0.3 is 10.2 Å². The first-order chi connectivity index (χ1) is 15.7. The lowest BCUT2D eigenvalue weighted by molar-refractivity contribution is -0.129. The first kappa shape index (κ1) is 20.1. The van der Waals surface area contributed by atoms with Crippen molar-refractivity contribution in [3.8, 4) is 0 Å². The van der Waals surface area contributed by atoms with Crippen LogP contribution < -0.4 is 5.32 Å². The van der Waals surface area contributed by atoms with Crippen LogP contribution in [0.15, 0.2) is 60.8 Å². The van der Waals surface area contributed by atoms with Crippen molar-refractivity contribution in [3.05, 3.63) is 83.6 Å². The number of aromatic amines is 1. The molecule has 1 fully saturated rings. The minimum absolute atomic E-state index is 0.0581. The number of carbonyl (C=O) groups is 1. The molecule has 0 saturated carbocycles. The van der Waals surface area contributed by atoms with Gasteiger partial charge in [-0.05, 0) is 48.4 Å². The van der Waals surface area contributed by atoms with Crippen LogP contribution in [0.1, 0.15) is 29.3 Å². The smallest absolute Gasteiger partial charge is 0.227 e. The normalized spacial score (nSPS) is 15.9. The highest BCUT2D eigenvalue weighted by Gasteiger charge is 2.28. The van der Waals surface area contributed by atoms with E-state index in [-0.39, 0.29) is 24.1 Å². The fourth-order valence-electron chi connectivity index (χ4n) is 4.08. The minimum Gasteiger partial charge on any atom is -0.362 e. The summed E-state index contributed by atoms with van der Waals surface area (Å²) < 4.78 is 13.1. The number of carbonyl (C=O) groups excluding carboxylic acids is 1. The Kier molecular flexibility index (Phi) is 5.49. The molecule has 1 saturated heterocycles. The van der Waals surface area contributed by atoms with Gasteiger partial charge in [-0.15, -0.1) is 0 Å². The highest BCUT2D eigenvalue weighted by molar-refractivity contribution is 5.87. The van der Waals surface area contributed by atoms with Gasteiger partial charge in [0.1, 0.15) is 5.82 Å². The van der Waals surface area contributed by atoms with Gasteiger partial charge in [0.2, 0.25) is 5.91 Å². The number of likely N-dealkylation sites (tertiary alicyclic amines) is 1. The van der Waals surface area contributed by atoms with Crippen LogP contribution >= 0.6 is 0 Å². The Morgan fingerprint density at radius 1 is 1.16 bits per heavy atom. The minimum atomic E-state index is -0.294. The fraction of sp³-hybridized carbons (Fsp3) is 0.250. The van der Waals surface area contributed by atoms with Gasteiger partial charge in [0, 0.05) is 30.9 Å². The Morgan fingerprint density at radius 3 is 2.84 bits per heavy atom. The molecule has 4 heterocycles. The van der Waals surface area contributed by atoms with E-state index in [9.17, 15) is 9.18 Å². The second-order valence-electron chi connectivity index (χ2n) is 8.01. The Morgan fingerprint density at radius 2 is 2.03 bits per heavy atom. The Labute approximate surface area is 184 Å². The van der Waals surface area contributed by atoms with Crippen molar-refractivity contribution in [2.24, 2.45) is 0 Å². The molecule has 0 radical (unpaired) electrons. The van der Waals surface area contributed by atoms with E-state index in [1.807, 2.05) is 35.2 Å². The summed E-state index contributed by atoms with van der Waals surface area (Å²) in [5.41, 5.74) is 3.43. The number of H-pyrrole nitrogens is 1. The van der Waals surface area contributed by atoms with Crippen LogP contribution in [0.25, 0.3) is 11.0 Å². The molecule has 1 unspecified atom stereocenters. The van der Waals surface area contributed by atoms with E-state index < -0.39 is 0 Å². The van der Waals surface area contributed by atoms with E-state index in [2.05, 4.69) is 20.5 Å². The maximum atomic E-state index is 13.1. The second-order valence-corrected chi connectivity index (χ2v) is 8.01. The maximum Gasteiger partial charge on any atom is 0.227 e. The fourth-order valence-corrected chi connectivity index (χ4v) is 4.08. The van der Waals surface area contributed by atoms with Crippen molar-refractivity contribution >= 4 is 22.8 Å². The lowest BCUT2D eigenvalue weighted by Gasteiger charge is -2.16. The number of hydrogen-bond donors (Lipinski definition) is 2. The number of halogens is 1. The highest BCUT2D eigenvalue weighted by atomic mass is 19.1. The van der Waals surface area contributed by atoms with Crippen molar-refractivity contribution in [3.63, 3.8) is 0 Å². The zero-order valence-corrected chi connectivity index (χ0v) is 17.5. The summed E-state index contributed by atoms with van der Waals surface area (Å²) in [6.45, 7) is 1.91. The Hall–Kier alpha value is -3.81. The summed E-state index contributed by atoms with van der Waals surface area (Å²) in [5, 5.41) is 11.6. The molecule has 5 rings (SSSR count). The van der Waals surface area contributed by atoms with Crippen LogP contribution in [-0.4, -0.2) is 44.1 Å². The van der Waals surface area contributed by atoms with Gasteiger partial charge in [-0.25, -0.2) is 9.37 Å². The third-order valence-electron chi connectivity index (χ3n) is 5.84. The molecule has 0 bridgehead atoms. The molecular weight excluding hydrogens is 407 g/mol. The van der Waals surface area contributed by atoms with Crippen molar-refractivity contribution in [1.29, 1.82) is 0 Å². The van der Waals surface area contributed by atoms with Gasteiger partial charge in [-0.2, -0.15) is 5.10 Å². The lowest BCUT2D eigenvalue weighted by atomic mass is 10.0. The summed E-state index contributed by atoms with van der Waals surface area (Å²) in [6.07, 6.45) is 2.92. The molecular formula is C24H23FN6O. The maximum absolute atomic E-state index is 13.1. The zero-order valence-electron chi connectivity index (χ0n) is 17.5. The number of rotatable bonds is 6. The highest BCUT2D eigenvalue weighted by Crippen LogP contribution is 2.29. The van der Waals surface area contributed by atoms with Crippen LogP contribution in [-0.2, 0) is 17.8 Å². The van der Waals surface area contributed by atoms with Gasteiger partial charge in [0.05, 0.1) is 24.0 Å². The molecule has 32 heavy (non-hydrogen) atoms. The van der Waals surface area contributed by atoms with E-state index >= 15 is 0 Å². The van der Waals surface area contributed by atoms with Crippen LogP contribution in [0.2, 0.25) is 0 Å². The van der Waals surface area contributed by atoms with Gasteiger partial charge in [0.25, 0.3) is 0 Å². The van der Waals surface area contributed by atoms with Gasteiger partial charge in [-0.1, -0.05) is 18.2 Å². The van der Waals surface area contributed by atoms with E-state index in [1.165, 1.54) is 12.1 Å². The Balaban J connectivity index is 1.23. The summed E-state index contributed by atoms with van der Waals surface area (Å²) in [5.74, 6) is 0.692. The van der Waals surface area contributed by atoms with E-state index in [4.69, 9.17) is 4.98 Å². The number of hydrogen-bond acceptors (Lipinski definition) is 5. The molecule has 2 N–H and O–H groups in total. The molecule has 1 aliphatic rings. The number of nitrogens with one attached hydrogen (secondary N) is 2. The number of pyridine rings is 2. The van der Waals surface area contributed by atoms with Crippen LogP contribution in [0.5, 0.6) is 0 Å². The number of nitrogens with zero attached hydrogens (tertiary/aromatic N) is 4. The molecule has 1 atom stereocenters. The summed E-state index contributed by atoms with van der Waals surface area (Å²) in [4.78, 5) is 23.6. The standard InChI is InChI=1S/C24H23FN6O/c25-18-6-4-16(5-7-18)13-22(32)31-12-10-17(15-31)21-9-8-20-23(29-30-24(20)28-21)27-14-19-3-1-2-11-26-19/h1-9,11,17H,10,12-15H2,(H2,27,28,29,30). The number of aromatic nitrogens is 4. The van der Waals surface area contributed by atoms with Gasteiger partial charge >= 0.3 is 0 Å². The predicted octanol–water partition coefficient (Wildman–Crippen LogP) is 3.66. The van der Waals surface area contributed by atoms with Gasteiger partial charge in [0.15, 0.2) is 11.5 Å². The third-order valence-corrected chi connectivity index (χ3v) is 5.84. The first-order valence-electron chi connectivity index (χ1n) is 10.7. The average Bonchev–Trinajstić information content (AvgIpc) is 3.47. The van der Waals surface area contributed by atoms with E-state index in [0.717, 1.165) is 40.2 Å². The molecule has 0 aliphatic carbocycles. The summed E-state index contributed by atoms with van der Waals surface area (Å²) >= 11 is 0. The first-order valence-corrected chi connectivity index (χ1v) is 10.7. The van der Waals surface area contributed by atoms with Gasteiger partial charge in [-0.3, -0.25) is 14.9 Å². The van der Waals surface area contributed by atoms with E-state index in [0.29, 0.717) is 19.6 Å². The van der Waals surface area contributed by atoms with Crippen LogP contribution in [0, 0.1) is 5.82 Å². The molecule has 1 aliphatic heterocycles. The molecule has 8 heteroatoms. The van der Waals surface area contributed by atoms with Crippen LogP contribution in [0.3, 0.4) is 0 Å². The number of benzene rings is 1.